The lowest BCUT2D eigenvalue weighted by Crippen LogP contribution is -2.31. The van der Waals surface area contributed by atoms with Gasteiger partial charge < -0.3 is 15.0 Å². The highest BCUT2D eigenvalue weighted by molar-refractivity contribution is 5.93. The minimum Gasteiger partial charge on any atom is -0.478 e. The van der Waals surface area contributed by atoms with Gasteiger partial charge >= 0.3 is 5.97 Å². The van der Waals surface area contributed by atoms with Crippen LogP contribution in [0.25, 0.3) is 0 Å². The highest BCUT2D eigenvalue weighted by Crippen LogP contribution is 2.10. The van der Waals surface area contributed by atoms with Crippen LogP contribution in [0.3, 0.4) is 0 Å². The number of hydrogen-bond donors (Lipinski definition) is 2. The minimum atomic E-state index is -1.18. The summed E-state index contributed by atoms with van der Waals surface area (Å²) < 4.78 is 1.19. The number of anilines is 1. The first-order valence-corrected chi connectivity index (χ1v) is 6.30. The summed E-state index contributed by atoms with van der Waals surface area (Å²) in [6, 6.07) is 10.4. The summed E-state index contributed by atoms with van der Waals surface area (Å²) >= 11 is 0. The Balaban J connectivity index is 2.20. The van der Waals surface area contributed by atoms with Gasteiger partial charge in [0.15, 0.2) is 0 Å². The lowest BCUT2D eigenvalue weighted by atomic mass is 10.2. The van der Waals surface area contributed by atoms with Gasteiger partial charge in [-0.1, -0.05) is 18.2 Å². The molecule has 2 rings (SSSR count). The van der Waals surface area contributed by atoms with Gasteiger partial charge in [0, 0.05) is 18.0 Å². The smallest absolute Gasteiger partial charge is 0.335 e. The van der Waals surface area contributed by atoms with Gasteiger partial charge in [-0.3, -0.25) is 9.59 Å². The number of rotatable bonds is 4. The average molecular weight is 286 g/mol. The molecule has 0 aliphatic carbocycles. The Morgan fingerprint density at radius 1 is 1.19 bits per heavy atom. The lowest BCUT2D eigenvalue weighted by molar-refractivity contribution is -0.118. The van der Waals surface area contributed by atoms with Gasteiger partial charge in [0.1, 0.15) is 6.04 Å². The fraction of sp³-hybridized carbons (Fsp3) is 0.133. The van der Waals surface area contributed by atoms with Crippen LogP contribution < -0.4 is 10.9 Å². The van der Waals surface area contributed by atoms with Crippen LogP contribution in [0.2, 0.25) is 0 Å². The molecule has 0 bridgehead atoms. The van der Waals surface area contributed by atoms with Gasteiger partial charge in [0.05, 0.1) is 5.56 Å². The second-order valence-corrected chi connectivity index (χ2v) is 4.50. The summed E-state index contributed by atoms with van der Waals surface area (Å²) in [7, 11) is 0. The first kappa shape index (κ1) is 14.5. The number of carbonyl (C=O) groups is 2. The number of para-hydroxylation sites is 1. The van der Waals surface area contributed by atoms with E-state index in [1.165, 1.54) is 16.8 Å². The van der Waals surface area contributed by atoms with E-state index in [-0.39, 0.29) is 11.5 Å². The zero-order valence-electron chi connectivity index (χ0n) is 11.3. The Labute approximate surface area is 120 Å². The van der Waals surface area contributed by atoms with Crippen molar-refractivity contribution in [3.63, 3.8) is 0 Å². The molecule has 0 saturated carbocycles. The van der Waals surface area contributed by atoms with E-state index in [4.69, 9.17) is 5.11 Å². The molecule has 0 aliphatic rings. The maximum absolute atomic E-state index is 12.1. The van der Waals surface area contributed by atoms with E-state index in [9.17, 15) is 14.4 Å². The number of hydrogen-bond acceptors (Lipinski definition) is 3. The number of nitrogens with one attached hydrogen (secondary N) is 1. The van der Waals surface area contributed by atoms with Crippen LogP contribution in [0.1, 0.15) is 23.3 Å². The number of nitrogens with zero attached hydrogens (tertiary/aromatic N) is 1. The quantitative estimate of drug-likeness (QED) is 0.896. The van der Waals surface area contributed by atoms with E-state index in [1.807, 2.05) is 6.07 Å². The normalized spacial score (nSPS) is 11.7. The van der Waals surface area contributed by atoms with E-state index >= 15 is 0 Å². The van der Waals surface area contributed by atoms with Crippen LogP contribution in [0.15, 0.2) is 53.5 Å². The van der Waals surface area contributed by atoms with Gasteiger partial charge in [-0.05, 0) is 25.1 Å². The molecule has 1 aromatic carbocycles. The molecule has 0 radical (unpaired) electrons. The summed E-state index contributed by atoms with van der Waals surface area (Å²) in [5.74, 6) is -1.54. The second-order valence-electron chi connectivity index (χ2n) is 4.50. The summed E-state index contributed by atoms with van der Waals surface area (Å²) in [5, 5.41) is 11.5. The van der Waals surface area contributed by atoms with Crippen molar-refractivity contribution in [3.05, 3.63) is 64.6 Å². The molecule has 0 saturated heterocycles. The molecule has 6 nitrogen and oxygen atoms in total. The van der Waals surface area contributed by atoms with Gasteiger partial charge in [-0.15, -0.1) is 0 Å². The third-order valence-electron chi connectivity index (χ3n) is 3.03. The van der Waals surface area contributed by atoms with Crippen LogP contribution in [-0.4, -0.2) is 21.6 Å². The van der Waals surface area contributed by atoms with Crippen LogP contribution >= 0.6 is 0 Å². The van der Waals surface area contributed by atoms with Gasteiger partial charge in [0.25, 0.3) is 5.56 Å². The van der Waals surface area contributed by atoms with Crippen LogP contribution in [-0.2, 0) is 4.79 Å². The predicted molar refractivity (Wildman–Crippen MR) is 77.4 cm³/mol. The van der Waals surface area contributed by atoms with Crippen molar-refractivity contribution in [2.75, 3.05) is 5.32 Å². The topological polar surface area (TPSA) is 88.4 Å². The van der Waals surface area contributed by atoms with Crippen molar-refractivity contribution in [1.82, 2.24) is 4.57 Å². The Bertz CT molecular complexity index is 722. The van der Waals surface area contributed by atoms with Crippen LogP contribution in [0.4, 0.5) is 5.69 Å². The van der Waals surface area contributed by atoms with Gasteiger partial charge in [-0.25, -0.2) is 4.79 Å². The molecule has 1 amide bonds. The molecule has 1 atom stereocenters. The first-order valence-electron chi connectivity index (χ1n) is 6.30. The molecule has 0 spiro atoms. The molecule has 0 fully saturated rings. The van der Waals surface area contributed by atoms with Crippen molar-refractivity contribution in [2.24, 2.45) is 0 Å². The van der Waals surface area contributed by atoms with Gasteiger partial charge in [0.2, 0.25) is 5.91 Å². The molecule has 1 unspecified atom stereocenters. The summed E-state index contributed by atoms with van der Waals surface area (Å²) in [5.41, 5.74) is -0.0120. The minimum absolute atomic E-state index is 0.105. The van der Waals surface area contributed by atoms with Crippen molar-refractivity contribution < 1.29 is 14.7 Å². The summed E-state index contributed by atoms with van der Waals surface area (Å²) in [6.07, 6.45) is 1.31. The molecular formula is C15H14N2O4. The largest absolute Gasteiger partial charge is 0.478 e. The number of carboxylic acid groups (broad SMARTS) is 1. The first-order chi connectivity index (χ1) is 9.99. The predicted octanol–water partition coefficient (Wildman–Crippen LogP) is 1.75. The second kappa shape index (κ2) is 6.04. The number of amides is 1. The third-order valence-corrected chi connectivity index (χ3v) is 3.03. The molecule has 1 heterocycles. The monoisotopic (exact) mass is 286 g/mol. The maximum atomic E-state index is 12.1. The van der Waals surface area contributed by atoms with Crippen molar-refractivity contribution >= 4 is 17.6 Å². The Morgan fingerprint density at radius 3 is 2.43 bits per heavy atom. The van der Waals surface area contributed by atoms with Crippen molar-refractivity contribution in [2.45, 2.75) is 13.0 Å². The maximum Gasteiger partial charge on any atom is 0.335 e. The van der Waals surface area contributed by atoms with Gasteiger partial charge in [-0.2, -0.15) is 0 Å². The van der Waals surface area contributed by atoms with E-state index in [1.54, 1.807) is 31.2 Å². The number of benzene rings is 1. The molecule has 2 N–H and O–H groups in total. The van der Waals surface area contributed by atoms with E-state index in [2.05, 4.69) is 5.32 Å². The third kappa shape index (κ3) is 3.36. The Kier molecular flexibility index (Phi) is 4.18. The van der Waals surface area contributed by atoms with Crippen LogP contribution in [0, 0.1) is 0 Å². The fourth-order valence-electron chi connectivity index (χ4n) is 1.84. The number of carboxylic acids is 1. The summed E-state index contributed by atoms with van der Waals surface area (Å²) in [6.45, 7) is 1.57. The van der Waals surface area contributed by atoms with E-state index in [0.29, 0.717) is 5.69 Å². The zero-order valence-corrected chi connectivity index (χ0v) is 11.3. The highest BCUT2D eigenvalue weighted by atomic mass is 16.4. The molecule has 0 aliphatic heterocycles. The van der Waals surface area contributed by atoms with Crippen LogP contribution in [0.5, 0.6) is 0 Å². The SMILES string of the molecule is CC(C(=O)Nc1ccccc1)n1ccc(C(=O)O)cc1=O. The highest BCUT2D eigenvalue weighted by Gasteiger charge is 2.17. The summed E-state index contributed by atoms with van der Waals surface area (Å²) in [4.78, 5) is 34.7. The number of carbonyl (C=O) groups excluding carboxylic acids is 1. The Morgan fingerprint density at radius 2 is 1.86 bits per heavy atom. The molecule has 1 aromatic heterocycles. The molecule has 6 heteroatoms. The van der Waals surface area contributed by atoms with Crippen molar-refractivity contribution in [1.29, 1.82) is 0 Å². The fourth-order valence-corrected chi connectivity index (χ4v) is 1.84. The average Bonchev–Trinajstić information content (AvgIpc) is 2.47. The lowest BCUT2D eigenvalue weighted by Gasteiger charge is -2.15. The van der Waals surface area contributed by atoms with Crippen molar-refractivity contribution in [3.8, 4) is 0 Å². The number of pyridine rings is 1. The zero-order chi connectivity index (χ0) is 15.4. The Hall–Kier alpha value is -2.89. The number of aromatic nitrogens is 1. The van der Waals surface area contributed by atoms with E-state index in [0.717, 1.165) is 6.07 Å². The molecular weight excluding hydrogens is 272 g/mol. The molecule has 2 aromatic rings. The number of aromatic carboxylic acids is 1. The molecule has 21 heavy (non-hydrogen) atoms. The molecule has 108 valence electrons. The van der Waals surface area contributed by atoms with E-state index < -0.39 is 17.6 Å². The standard InChI is InChI=1S/C15H14N2O4/c1-10(14(19)16-12-5-3-2-4-6-12)17-8-7-11(15(20)21)9-13(17)18/h2-10H,1H3,(H,16,19)(H,20,21).